The Morgan fingerprint density at radius 1 is 1.21 bits per heavy atom. The van der Waals surface area contributed by atoms with Crippen molar-refractivity contribution in [3.8, 4) is 0 Å². The number of hydrogen-bond donors (Lipinski definition) is 1. The van der Waals surface area contributed by atoms with Gasteiger partial charge in [0.2, 0.25) is 5.91 Å². The van der Waals surface area contributed by atoms with Gasteiger partial charge in [-0.15, -0.1) is 0 Å². The molecular weight excluding hydrogens is 318 g/mol. The first kappa shape index (κ1) is 18.3. The molecule has 0 atom stereocenters. The summed E-state index contributed by atoms with van der Waals surface area (Å²) in [6, 6.07) is 13.8. The van der Waals surface area contributed by atoms with Crippen LogP contribution in [0.15, 0.2) is 48.5 Å². The van der Waals surface area contributed by atoms with Crippen LogP contribution in [-0.4, -0.2) is 5.91 Å². The van der Waals surface area contributed by atoms with Crippen molar-refractivity contribution in [3.63, 3.8) is 0 Å². The molecular formula is C21H24ClNO. The molecule has 1 amide bonds. The van der Waals surface area contributed by atoms with E-state index < -0.39 is 0 Å². The van der Waals surface area contributed by atoms with Crippen molar-refractivity contribution in [1.82, 2.24) is 0 Å². The fourth-order valence-electron chi connectivity index (χ4n) is 2.35. The van der Waals surface area contributed by atoms with E-state index in [1.807, 2.05) is 31.2 Å². The van der Waals surface area contributed by atoms with Crippen LogP contribution in [0.2, 0.25) is 5.02 Å². The second-order valence-electron chi connectivity index (χ2n) is 6.65. The third-order valence-electron chi connectivity index (χ3n) is 4.40. The number of hydrogen-bond acceptors (Lipinski definition) is 1. The summed E-state index contributed by atoms with van der Waals surface area (Å²) < 4.78 is 0. The molecule has 3 heteroatoms. The Morgan fingerprint density at radius 2 is 1.96 bits per heavy atom. The predicted octanol–water partition coefficient (Wildman–Crippen LogP) is 5.99. The Kier molecular flexibility index (Phi) is 5.84. The summed E-state index contributed by atoms with van der Waals surface area (Å²) in [5.41, 5.74) is 4.12. The molecule has 0 saturated carbocycles. The van der Waals surface area contributed by atoms with Gasteiger partial charge >= 0.3 is 0 Å². The van der Waals surface area contributed by atoms with Crippen LogP contribution in [-0.2, 0) is 10.2 Å². The Balaban J connectivity index is 2.08. The Bertz CT molecular complexity index is 762. The van der Waals surface area contributed by atoms with Gasteiger partial charge in [-0.3, -0.25) is 4.79 Å². The van der Waals surface area contributed by atoms with Crippen LogP contribution >= 0.6 is 11.6 Å². The van der Waals surface area contributed by atoms with E-state index in [0.717, 1.165) is 23.2 Å². The lowest BCUT2D eigenvalue weighted by Gasteiger charge is -2.23. The van der Waals surface area contributed by atoms with E-state index in [-0.39, 0.29) is 11.3 Å². The smallest absolute Gasteiger partial charge is 0.248 e. The number of carbonyl (C=O) groups is 1. The Hall–Kier alpha value is -2.06. The van der Waals surface area contributed by atoms with Gasteiger partial charge in [0.1, 0.15) is 0 Å². The highest BCUT2D eigenvalue weighted by Gasteiger charge is 2.17. The molecule has 0 saturated heterocycles. The number of rotatable bonds is 5. The first-order valence-corrected chi connectivity index (χ1v) is 8.55. The molecule has 0 radical (unpaired) electrons. The summed E-state index contributed by atoms with van der Waals surface area (Å²) in [7, 11) is 0. The topological polar surface area (TPSA) is 29.1 Å². The third-order valence-corrected chi connectivity index (χ3v) is 4.83. The van der Waals surface area contributed by atoms with E-state index in [9.17, 15) is 4.79 Å². The van der Waals surface area contributed by atoms with Crippen molar-refractivity contribution in [2.75, 3.05) is 5.32 Å². The van der Waals surface area contributed by atoms with Crippen molar-refractivity contribution in [3.05, 3.63) is 70.3 Å². The zero-order valence-electron chi connectivity index (χ0n) is 14.7. The average molecular weight is 342 g/mol. The molecule has 0 aliphatic carbocycles. The first-order chi connectivity index (χ1) is 11.3. The minimum atomic E-state index is -0.156. The Labute approximate surface area is 149 Å². The summed E-state index contributed by atoms with van der Waals surface area (Å²) in [4.78, 5) is 12.1. The van der Waals surface area contributed by atoms with Gasteiger partial charge < -0.3 is 5.32 Å². The number of amides is 1. The molecule has 126 valence electrons. The predicted molar refractivity (Wildman–Crippen MR) is 104 cm³/mol. The van der Waals surface area contributed by atoms with Crippen LogP contribution in [0.5, 0.6) is 0 Å². The van der Waals surface area contributed by atoms with Crippen molar-refractivity contribution in [1.29, 1.82) is 0 Å². The van der Waals surface area contributed by atoms with Gasteiger partial charge in [0.15, 0.2) is 0 Å². The molecule has 2 nitrogen and oxygen atoms in total. The normalized spacial score (nSPS) is 11.7. The van der Waals surface area contributed by atoms with Crippen molar-refractivity contribution in [2.45, 2.75) is 39.5 Å². The molecule has 0 heterocycles. The molecule has 2 aromatic rings. The van der Waals surface area contributed by atoms with Gasteiger partial charge in [-0.25, -0.2) is 0 Å². The van der Waals surface area contributed by atoms with Crippen LogP contribution in [0, 0.1) is 6.92 Å². The molecule has 2 rings (SSSR count). The lowest BCUT2D eigenvalue weighted by Crippen LogP contribution is -2.15. The van der Waals surface area contributed by atoms with E-state index in [2.05, 4.69) is 38.2 Å². The van der Waals surface area contributed by atoms with E-state index in [4.69, 9.17) is 11.6 Å². The van der Waals surface area contributed by atoms with Crippen molar-refractivity contribution in [2.24, 2.45) is 0 Å². The van der Waals surface area contributed by atoms with E-state index >= 15 is 0 Å². The number of halogens is 1. The van der Waals surface area contributed by atoms with Gasteiger partial charge in [-0.05, 0) is 59.7 Å². The Morgan fingerprint density at radius 3 is 2.62 bits per heavy atom. The van der Waals surface area contributed by atoms with Crippen LogP contribution in [0.4, 0.5) is 5.69 Å². The molecule has 0 aliphatic heterocycles. The highest BCUT2D eigenvalue weighted by Crippen LogP contribution is 2.27. The largest absolute Gasteiger partial charge is 0.323 e. The first-order valence-electron chi connectivity index (χ1n) is 8.17. The summed E-state index contributed by atoms with van der Waals surface area (Å²) >= 11 is 6.00. The molecule has 0 bridgehead atoms. The van der Waals surface area contributed by atoms with Gasteiger partial charge in [-0.1, -0.05) is 56.6 Å². The van der Waals surface area contributed by atoms with E-state index in [0.29, 0.717) is 5.02 Å². The van der Waals surface area contributed by atoms with Gasteiger partial charge in [0, 0.05) is 16.8 Å². The minimum absolute atomic E-state index is 0.132. The van der Waals surface area contributed by atoms with Crippen molar-refractivity contribution >= 4 is 29.3 Å². The monoisotopic (exact) mass is 341 g/mol. The highest BCUT2D eigenvalue weighted by atomic mass is 35.5. The number of nitrogens with one attached hydrogen (secondary N) is 1. The summed E-state index contributed by atoms with van der Waals surface area (Å²) in [6.45, 7) is 8.55. The van der Waals surface area contributed by atoms with E-state index in [1.54, 1.807) is 18.2 Å². The molecule has 0 fully saturated rings. The van der Waals surface area contributed by atoms with Crippen LogP contribution in [0.3, 0.4) is 0 Å². The summed E-state index contributed by atoms with van der Waals surface area (Å²) in [5, 5.41) is 3.55. The lowest BCUT2D eigenvalue weighted by atomic mass is 9.82. The SMILES string of the molecule is CCC(C)(C)c1cccc(/C=C/C(=O)Nc2ccc(Cl)c(C)c2)c1. The van der Waals surface area contributed by atoms with Gasteiger partial charge in [0.25, 0.3) is 0 Å². The molecule has 0 aliphatic rings. The number of anilines is 1. The maximum absolute atomic E-state index is 12.1. The minimum Gasteiger partial charge on any atom is -0.323 e. The average Bonchev–Trinajstić information content (AvgIpc) is 2.56. The second-order valence-corrected chi connectivity index (χ2v) is 7.06. The van der Waals surface area contributed by atoms with Crippen molar-refractivity contribution < 1.29 is 4.79 Å². The standard InChI is InChI=1S/C21H24ClNO/c1-5-21(3,4)17-8-6-7-16(14-17)9-12-20(24)23-18-10-11-19(22)15(2)13-18/h6-14H,5H2,1-4H3,(H,23,24)/b12-9+. The van der Waals surface area contributed by atoms with Crippen LogP contribution < -0.4 is 5.32 Å². The molecule has 0 spiro atoms. The number of carbonyl (C=O) groups excluding carboxylic acids is 1. The quantitative estimate of drug-likeness (QED) is 0.665. The van der Waals surface area contributed by atoms with Gasteiger partial charge in [-0.2, -0.15) is 0 Å². The number of aryl methyl sites for hydroxylation is 1. The summed E-state index contributed by atoms with van der Waals surface area (Å²) in [6.07, 6.45) is 4.46. The molecule has 2 aromatic carbocycles. The highest BCUT2D eigenvalue weighted by molar-refractivity contribution is 6.31. The van der Waals surface area contributed by atoms with E-state index in [1.165, 1.54) is 5.56 Å². The second kappa shape index (κ2) is 7.67. The van der Waals surface area contributed by atoms with Gasteiger partial charge in [0.05, 0.1) is 0 Å². The lowest BCUT2D eigenvalue weighted by molar-refractivity contribution is -0.111. The third kappa shape index (κ3) is 4.72. The molecule has 24 heavy (non-hydrogen) atoms. The van der Waals surface area contributed by atoms with Crippen LogP contribution in [0.1, 0.15) is 43.9 Å². The summed E-state index contributed by atoms with van der Waals surface area (Å²) in [5.74, 6) is -0.156. The maximum atomic E-state index is 12.1. The zero-order chi connectivity index (χ0) is 17.7. The molecule has 0 unspecified atom stereocenters. The maximum Gasteiger partial charge on any atom is 0.248 e. The molecule has 0 aromatic heterocycles. The zero-order valence-corrected chi connectivity index (χ0v) is 15.4. The fourth-order valence-corrected chi connectivity index (χ4v) is 2.46. The number of benzene rings is 2. The molecule has 1 N–H and O–H groups in total. The van der Waals surface area contributed by atoms with Crippen LogP contribution in [0.25, 0.3) is 6.08 Å². The fraction of sp³-hybridized carbons (Fsp3) is 0.286.